The Hall–Kier alpha value is -1.10. The van der Waals surface area contributed by atoms with Gasteiger partial charge in [-0.15, -0.1) is 0 Å². The van der Waals surface area contributed by atoms with Gasteiger partial charge >= 0.3 is 11.9 Å². The second-order valence-electron chi connectivity index (χ2n) is 5.85. The highest BCUT2D eigenvalue weighted by molar-refractivity contribution is 5.69. The fraction of sp³-hybridized carbons (Fsp3) is 0.889. The van der Waals surface area contributed by atoms with Crippen LogP contribution >= 0.6 is 0 Å². The van der Waals surface area contributed by atoms with Crippen LogP contribution in [0.5, 0.6) is 0 Å². The molecule has 0 aromatic carbocycles. The molecule has 0 atom stereocenters. The average molecular weight is 330 g/mol. The van der Waals surface area contributed by atoms with Crippen LogP contribution in [0.3, 0.4) is 0 Å². The molecule has 0 saturated heterocycles. The molecule has 0 amide bonds. The van der Waals surface area contributed by atoms with Crippen LogP contribution in [0.25, 0.3) is 0 Å². The summed E-state index contributed by atoms with van der Waals surface area (Å²) in [4.78, 5) is 22.5. The maximum Gasteiger partial charge on any atom is 0.305 e. The molecule has 0 heterocycles. The highest BCUT2D eigenvalue weighted by Gasteiger charge is 2.03. The highest BCUT2D eigenvalue weighted by Crippen LogP contribution is 2.11. The average Bonchev–Trinajstić information content (AvgIpc) is 2.54. The lowest BCUT2D eigenvalue weighted by Crippen LogP contribution is -2.07. The van der Waals surface area contributed by atoms with E-state index in [0.29, 0.717) is 19.4 Å². The Morgan fingerprint density at radius 2 is 1.13 bits per heavy atom. The third-order valence-corrected chi connectivity index (χ3v) is 3.63. The van der Waals surface area contributed by atoms with Crippen LogP contribution in [0, 0.1) is 0 Å². The number of carbonyl (C=O) groups excluding carboxylic acids is 2. The molecule has 5 nitrogen and oxygen atoms in total. The van der Waals surface area contributed by atoms with Crippen molar-refractivity contribution in [3.63, 3.8) is 0 Å². The summed E-state index contributed by atoms with van der Waals surface area (Å²) in [7, 11) is 0. The number of carbonyl (C=O) groups is 2. The molecule has 23 heavy (non-hydrogen) atoms. The minimum absolute atomic E-state index is 0.0634. The van der Waals surface area contributed by atoms with Crippen LogP contribution in [0.15, 0.2) is 0 Å². The number of hydrogen-bond acceptors (Lipinski definition) is 5. The number of hydrogen-bond donors (Lipinski definition) is 1. The van der Waals surface area contributed by atoms with Gasteiger partial charge < -0.3 is 14.6 Å². The van der Waals surface area contributed by atoms with E-state index < -0.39 is 0 Å². The van der Waals surface area contributed by atoms with Gasteiger partial charge in [-0.05, 0) is 19.3 Å². The predicted molar refractivity (Wildman–Crippen MR) is 90.1 cm³/mol. The van der Waals surface area contributed by atoms with Gasteiger partial charge in [-0.25, -0.2) is 0 Å². The van der Waals surface area contributed by atoms with E-state index in [4.69, 9.17) is 14.6 Å². The molecule has 0 aromatic heterocycles. The lowest BCUT2D eigenvalue weighted by Gasteiger charge is -2.04. The number of ether oxygens (including phenoxy) is 2. The molecular weight excluding hydrogens is 296 g/mol. The van der Waals surface area contributed by atoms with E-state index in [1.54, 1.807) is 0 Å². The van der Waals surface area contributed by atoms with Gasteiger partial charge in [0.15, 0.2) is 0 Å². The van der Waals surface area contributed by atoms with Crippen molar-refractivity contribution >= 4 is 11.9 Å². The first-order valence-electron chi connectivity index (χ1n) is 9.12. The van der Waals surface area contributed by atoms with Gasteiger partial charge in [0.2, 0.25) is 0 Å². The van der Waals surface area contributed by atoms with Crippen molar-refractivity contribution in [1.82, 2.24) is 0 Å². The molecule has 0 saturated carbocycles. The largest absolute Gasteiger partial charge is 0.466 e. The Balaban J connectivity index is 3.18. The summed E-state index contributed by atoms with van der Waals surface area (Å²) in [6.07, 6.45) is 11.5. The maximum absolute atomic E-state index is 11.4. The van der Waals surface area contributed by atoms with Gasteiger partial charge in [0.1, 0.15) is 6.61 Å². The number of unbranched alkanes of at least 4 members (excludes halogenated alkanes) is 8. The third kappa shape index (κ3) is 17.1. The molecular formula is C18H34O5. The quantitative estimate of drug-likeness (QED) is 0.344. The predicted octanol–water partition coefficient (Wildman–Crippen LogP) is 3.77. The first-order chi connectivity index (χ1) is 11.2. The van der Waals surface area contributed by atoms with Crippen molar-refractivity contribution in [2.24, 2.45) is 0 Å². The summed E-state index contributed by atoms with van der Waals surface area (Å²) < 4.78 is 9.89. The van der Waals surface area contributed by atoms with E-state index in [1.807, 2.05) is 0 Å². The van der Waals surface area contributed by atoms with Gasteiger partial charge in [-0.1, -0.05) is 51.9 Å². The zero-order valence-corrected chi connectivity index (χ0v) is 14.7. The van der Waals surface area contributed by atoms with Crippen molar-refractivity contribution in [2.75, 3.05) is 19.8 Å². The van der Waals surface area contributed by atoms with Crippen LogP contribution in [-0.2, 0) is 19.1 Å². The standard InChI is InChI=1S/C18H34O5/c1-2-3-15-22-17(20)12-10-8-6-4-5-7-9-11-13-18(21)23-16-14-19/h19H,2-16H2,1H3. The van der Waals surface area contributed by atoms with E-state index in [2.05, 4.69) is 6.92 Å². The summed E-state index contributed by atoms with van der Waals surface area (Å²) in [6, 6.07) is 0. The SMILES string of the molecule is CCCCOC(=O)CCCCCCCCCCC(=O)OCCO. The number of esters is 2. The minimum Gasteiger partial charge on any atom is -0.466 e. The topological polar surface area (TPSA) is 72.8 Å². The van der Waals surface area contributed by atoms with Crippen LogP contribution in [0.4, 0.5) is 0 Å². The van der Waals surface area contributed by atoms with Crippen LogP contribution in [0.2, 0.25) is 0 Å². The number of rotatable bonds is 16. The molecule has 136 valence electrons. The Kier molecular flexibility index (Phi) is 16.4. The zero-order chi connectivity index (χ0) is 17.2. The van der Waals surface area contributed by atoms with Crippen molar-refractivity contribution in [1.29, 1.82) is 0 Å². The normalized spacial score (nSPS) is 10.5. The molecule has 0 unspecified atom stereocenters. The Morgan fingerprint density at radius 1 is 0.696 bits per heavy atom. The van der Waals surface area contributed by atoms with E-state index in [9.17, 15) is 9.59 Å². The highest BCUT2D eigenvalue weighted by atomic mass is 16.5. The molecule has 0 aliphatic rings. The van der Waals surface area contributed by atoms with Gasteiger partial charge in [0.25, 0.3) is 0 Å². The molecule has 0 fully saturated rings. The lowest BCUT2D eigenvalue weighted by atomic mass is 10.1. The molecule has 0 bridgehead atoms. The van der Waals surface area contributed by atoms with Crippen molar-refractivity contribution in [2.45, 2.75) is 84.0 Å². The van der Waals surface area contributed by atoms with Crippen LogP contribution < -0.4 is 0 Å². The van der Waals surface area contributed by atoms with E-state index >= 15 is 0 Å². The van der Waals surface area contributed by atoms with Gasteiger partial charge in [0, 0.05) is 12.8 Å². The number of aliphatic hydroxyl groups is 1. The summed E-state index contributed by atoms with van der Waals surface area (Å²) in [5.41, 5.74) is 0. The van der Waals surface area contributed by atoms with E-state index in [1.165, 1.54) is 12.8 Å². The van der Waals surface area contributed by atoms with Gasteiger partial charge in [-0.3, -0.25) is 9.59 Å². The van der Waals surface area contributed by atoms with Crippen molar-refractivity contribution in [3.8, 4) is 0 Å². The molecule has 0 radical (unpaired) electrons. The second kappa shape index (κ2) is 17.3. The first-order valence-corrected chi connectivity index (χ1v) is 9.12. The molecule has 0 aliphatic carbocycles. The van der Waals surface area contributed by atoms with Gasteiger partial charge in [0.05, 0.1) is 13.2 Å². The molecule has 0 spiro atoms. The summed E-state index contributed by atoms with van der Waals surface area (Å²) >= 11 is 0. The van der Waals surface area contributed by atoms with Crippen LogP contribution in [-0.4, -0.2) is 36.9 Å². The maximum atomic E-state index is 11.4. The van der Waals surface area contributed by atoms with Gasteiger partial charge in [-0.2, -0.15) is 0 Å². The number of aliphatic hydroxyl groups excluding tert-OH is 1. The summed E-state index contributed by atoms with van der Waals surface area (Å²) in [6.45, 7) is 2.63. The summed E-state index contributed by atoms with van der Waals surface area (Å²) in [5.74, 6) is -0.281. The molecule has 1 N–H and O–H groups in total. The smallest absolute Gasteiger partial charge is 0.305 e. The Labute approximate surface area is 140 Å². The first kappa shape index (κ1) is 21.9. The Morgan fingerprint density at radius 3 is 1.57 bits per heavy atom. The van der Waals surface area contributed by atoms with Crippen molar-refractivity contribution in [3.05, 3.63) is 0 Å². The third-order valence-electron chi connectivity index (χ3n) is 3.63. The molecule has 0 rings (SSSR count). The fourth-order valence-corrected chi connectivity index (χ4v) is 2.23. The Bertz CT molecular complexity index is 291. The lowest BCUT2D eigenvalue weighted by molar-refractivity contribution is -0.145. The van der Waals surface area contributed by atoms with E-state index in [-0.39, 0.29) is 25.2 Å². The molecule has 0 aromatic rings. The second-order valence-corrected chi connectivity index (χ2v) is 5.85. The zero-order valence-electron chi connectivity index (χ0n) is 14.7. The van der Waals surface area contributed by atoms with E-state index in [0.717, 1.165) is 51.4 Å². The van der Waals surface area contributed by atoms with Crippen LogP contribution in [0.1, 0.15) is 84.0 Å². The van der Waals surface area contributed by atoms with Crippen molar-refractivity contribution < 1.29 is 24.2 Å². The molecule has 5 heteroatoms. The fourth-order valence-electron chi connectivity index (χ4n) is 2.23. The minimum atomic E-state index is -0.218. The monoisotopic (exact) mass is 330 g/mol. The summed E-state index contributed by atoms with van der Waals surface area (Å²) in [5, 5.41) is 8.52. The molecule has 0 aliphatic heterocycles.